The highest BCUT2D eigenvalue weighted by atomic mass is 127. The summed E-state index contributed by atoms with van der Waals surface area (Å²) in [6.45, 7) is 4.65. The molecule has 26 heavy (non-hydrogen) atoms. The van der Waals surface area contributed by atoms with Crippen LogP contribution in [0, 0.1) is 17.8 Å². The van der Waals surface area contributed by atoms with Gasteiger partial charge in [0, 0.05) is 39.1 Å². The molecule has 2 N–H and O–H groups in total. The highest BCUT2D eigenvalue weighted by molar-refractivity contribution is 14.0. The summed E-state index contributed by atoms with van der Waals surface area (Å²) in [6, 6.07) is 0. The molecule has 1 aliphatic carbocycles. The molecule has 2 unspecified atom stereocenters. The van der Waals surface area contributed by atoms with Crippen molar-refractivity contribution < 1.29 is 14.3 Å². The summed E-state index contributed by atoms with van der Waals surface area (Å²) in [7, 11) is 3.17. The summed E-state index contributed by atoms with van der Waals surface area (Å²) in [5.41, 5.74) is 0. The van der Waals surface area contributed by atoms with Crippen molar-refractivity contribution in [1.29, 1.82) is 0 Å². The van der Waals surface area contributed by atoms with Gasteiger partial charge in [0.15, 0.2) is 5.96 Å². The van der Waals surface area contributed by atoms with E-state index in [0.717, 1.165) is 38.2 Å². The van der Waals surface area contributed by atoms with E-state index in [1.54, 1.807) is 7.05 Å². The number of carbonyl (C=O) groups excluding carboxylic acids is 2. The number of esters is 1. The average Bonchev–Trinajstić information content (AvgIpc) is 3.03. The first-order valence-corrected chi connectivity index (χ1v) is 9.38. The second kappa shape index (κ2) is 11.6. The van der Waals surface area contributed by atoms with Gasteiger partial charge in [-0.25, -0.2) is 0 Å². The van der Waals surface area contributed by atoms with Crippen LogP contribution in [0.4, 0.5) is 0 Å². The molecule has 0 aromatic heterocycles. The molecule has 2 rings (SSSR count). The van der Waals surface area contributed by atoms with Crippen LogP contribution in [0.2, 0.25) is 0 Å². The van der Waals surface area contributed by atoms with Crippen molar-refractivity contribution in [1.82, 2.24) is 15.5 Å². The zero-order valence-electron chi connectivity index (χ0n) is 16.1. The second-order valence-corrected chi connectivity index (χ2v) is 7.11. The van der Waals surface area contributed by atoms with Gasteiger partial charge in [-0.05, 0) is 18.8 Å². The van der Waals surface area contributed by atoms with E-state index in [-0.39, 0.29) is 53.6 Å². The van der Waals surface area contributed by atoms with Gasteiger partial charge in [0.2, 0.25) is 5.91 Å². The Bertz CT molecular complexity index is 495. The standard InChI is InChI=1S/C18H32N4O3.HI/c1-13-11-22(12-15(13)17(24)25-3)18(19-2)21-10-9-20-16(23)14-7-5-4-6-8-14;/h13-15H,4-12H2,1-3H3,(H,19,21)(H,20,23);1H. The predicted molar refractivity (Wildman–Crippen MR) is 113 cm³/mol. The van der Waals surface area contributed by atoms with E-state index < -0.39 is 0 Å². The van der Waals surface area contributed by atoms with Crippen LogP contribution in [-0.2, 0) is 14.3 Å². The van der Waals surface area contributed by atoms with Crippen LogP contribution in [0.3, 0.4) is 0 Å². The Hall–Kier alpha value is -1.06. The Labute approximate surface area is 173 Å². The van der Waals surface area contributed by atoms with Crippen LogP contribution in [0.25, 0.3) is 0 Å². The fourth-order valence-electron chi connectivity index (χ4n) is 3.80. The third-order valence-electron chi connectivity index (χ3n) is 5.31. The number of guanidine groups is 1. The summed E-state index contributed by atoms with van der Waals surface area (Å²) < 4.78 is 4.88. The zero-order chi connectivity index (χ0) is 18.2. The van der Waals surface area contributed by atoms with E-state index in [1.807, 2.05) is 0 Å². The number of aliphatic imine (C=N–C) groups is 1. The summed E-state index contributed by atoms with van der Waals surface area (Å²) in [6.07, 6.45) is 5.61. The number of hydrogen-bond acceptors (Lipinski definition) is 4. The van der Waals surface area contributed by atoms with Gasteiger partial charge >= 0.3 is 5.97 Å². The lowest BCUT2D eigenvalue weighted by Gasteiger charge is -2.23. The van der Waals surface area contributed by atoms with Crippen LogP contribution in [0.15, 0.2) is 4.99 Å². The number of nitrogens with one attached hydrogen (secondary N) is 2. The highest BCUT2D eigenvalue weighted by Gasteiger charge is 2.36. The topological polar surface area (TPSA) is 83.0 Å². The quantitative estimate of drug-likeness (QED) is 0.206. The first-order valence-electron chi connectivity index (χ1n) is 9.38. The number of nitrogens with zero attached hydrogens (tertiary/aromatic N) is 2. The summed E-state index contributed by atoms with van der Waals surface area (Å²) in [5.74, 6) is 1.09. The minimum atomic E-state index is -0.162. The summed E-state index contributed by atoms with van der Waals surface area (Å²) >= 11 is 0. The number of rotatable bonds is 5. The Morgan fingerprint density at radius 1 is 1.12 bits per heavy atom. The monoisotopic (exact) mass is 480 g/mol. The normalized spacial score (nSPS) is 24.0. The van der Waals surface area contributed by atoms with Crippen molar-refractivity contribution in [3.8, 4) is 0 Å². The number of ether oxygens (including phenoxy) is 1. The number of likely N-dealkylation sites (tertiary alicyclic amines) is 1. The fourth-order valence-corrected chi connectivity index (χ4v) is 3.80. The predicted octanol–water partition coefficient (Wildman–Crippen LogP) is 1.62. The molecule has 2 aliphatic rings. The molecule has 0 aromatic rings. The van der Waals surface area contributed by atoms with E-state index in [9.17, 15) is 9.59 Å². The number of carbonyl (C=O) groups is 2. The largest absolute Gasteiger partial charge is 0.469 e. The van der Waals surface area contributed by atoms with E-state index in [1.165, 1.54) is 13.5 Å². The molecule has 1 amide bonds. The van der Waals surface area contributed by atoms with E-state index in [0.29, 0.717) is 19.6 Å². The van der Waals surface area contributed by atoms with E-state index in [2.05, 4.69) is 27.4 Å². The molecule has 0 spiro atoms. The SMILES string of the molecule is CN=C(NCCNC(=O)C1CCCCC1)N1CC(C)C(C(=O)OC)C1.I. The van der Waals surface area contributed by atoms with Gasteiger partial charge < -0.3 is 20.3 Å². The van der Waals surface area contributed by atoms with Gasteiger partial charge in [0.25, 0.3) is 0 Å². The Morgan fingerprint density at radius 2 is 1.77 bits per heavy atom. The van der Waals surface area contributed by atoms with E-state index in [4.69, 9.17) is 4.74 Å². The van der Waals surface area contributed by atoms with Gasteiger partial charge in [-0.1, -0.05) is 26.2 Å². The molecule has 0 aromatic carbocycles. The maximum atomic E-state index is 12.1. The third-order valence-corrected chi connectivity index (χ3v) is 5.31. The number of methoxy groups -OCH3 is 1. The Balaban J connectivity index is 0.00000338. The molecule has 1 saturated heterocycles. The summed E-state index contributed by atoms with van der Waals surface area (Å²) in [4.78, 5) is 30.3. The fraction of sp³-hybridized carbons (Fsp3) is 0.833. The molecule has 7 nitrogen and oxygen atoms in total. The van der Waals surface area contributed by atoms with Crippen molar-refractivity contribution in [2.45, 2.75) is 39.0 Å². The van der Waals surface area contributed by atoms with Crippen LogP contribution in [0.5, 0.6) is 0 Å². The summed E-state index contributed by atoms with van der Waals surface area (Å²) in [5, 5.41) is 6.30. The van der Waals surface area contributed by atoms with Gasteiger partial charge in [0.05, 0.1) is 13.0 Å². The molecule has 0 radical (unpaired) electrons. The van der Waals surface area contributed by atoms with Crippen LogP contribution < -0.4 is 10.6 Å². The third kappa shape index (κ3) is 6.28. The molecule has 1 saturated carbocycles. The molecule has 1 aliphatic heterocycles. The number of amides is 1. The van der Waals surface area contributed by atoms with Crippen LogP contribution in [-0.4, -0.2) is 63.1 Å². The molecule has 2 fully saturated rings. The van der Waals surface area contributed by atoms with Gasteiger partial charge in [-0.2, -0.15) is 0 Å². The Morgan fingerprint density at radius 3 is 2.38 bits per heavy atom. The van der Waals surface area contributed by atoms with Crippen molar-refractivity contribution in [3.05, 3.63) is 0 Å². The molecular weight excluding hydrogens is 447 g/mol. The van der Waals surface area contributed by atoms with Gasteiger partial charge in [-0.15, -0.1) is 24.0 Å². The lowest BCUT2D eigenvalue weighted by atomic mass is 9.89. The second-order valence-electron chi connectivity index (χ2n) is 7.11. The first-order chi connectivity index (χ1) is 12.1. The van der Waals surface area contributed by atoms with Crippen molar-refractivity contribution in [2.24, 2.45) is 22.7 Å². The molecular formula is C18H33IN4O3. The first kappa shape index (κ1) is 23.0. The van der Waals surface area contributed by atoms with Crippen molar-refractivity contribution >= 4 is 41.8 Å². The number of halogens is 1. The van der Waals surface area contributed by atoms with Crippen molar-refractivity contribution in [2.75, 3.05) is 40.3 Å². The molecule has 1 heterocycles. The zero-order valence-corrected chi connectivity index (χ0v) is 18.5. The maximum absolute atomic E-state index is 12.1. The lowest BCUT2D eigenvalue weighted by Crippen LogP contribution is -2.44. The van der Waals surface area contributed by atoms with Gasteiger partial charge in [-0.3, -0.25) is 14.6 Å². The Kier molecular flexibility index (Phi) is 10.3. The smallest absolute Gasteiger partial charge is 0.310 e. The minimum Gasteiger partial charge on any atom is -0.469 e. The van der Waals surface area contributed by atoms with E-state index >= 15 is 0 Å². The highest BCUT2D eigenvalue weighted by Crippen LogP contribution is 2.24. The lowest BCUT2D eigenvalue weighted by molar-refractivity contribution is -0.146. The molecule has 150 valence electrons. The molecule has 2 atom stereocenters. The molecule has 0 bridgehead atoms. The number of hydrogen-bond donors (Lipinski definition) is 2. The van der Waals surface area contributed by atoms with Crippen LogP contribution in [0.1, 0.15) is 39.0 Å². The van der Waals surface area contributed by atoms with Gasteiger partial charge in [0.1, 0.15) is 0 Å². The van der Waals surface area contributed by atoms with Crippen LogP contribution >= 0.6 is 24.0 Å². The minimum absolute atomic E-state index is 0. The van der Waals surface area contributed by atoms with Crippen molar-refractivity contribution in [3.63, 3.8) is 0 Å². The molecule has 8 heteroatoms. The average molecular weight is 480 g/mol. The maximum Gasteiger partial charge on any atom is 0.310 e.